The van der Waals surface area contributed by atoms with Crippen molar-refractivity contribution in [1.29, 1.82) is 0 Å². The van der Waals surface area contributed by atoms with Crippen LogP contribution in [0, 0.1) is 5.92 Å². The minimum Gasteiger partial charge on any atom is -0.463 e. The number of hydrogen-bond acceptors (Lipinski definition) is 5. The average Bonchev–Trinajstić information content (AvgIpc) is 2.93. The van der Waals surface area contributed by atoms with Crippen molar-refractivity contribution in [2.45, 2.75) is 31.7 Å². The summed E-state index contributed by atoms with van der Waals surface area (Å²) in [5, 5.41) is 9.28. The molecule has 8 heteroatoms. The van der Waals surface area contributed by atoms with E-state index in [0.717, 1.165) is 0 Å². The summed E-state index contributed by atoms with van der Waals surface area (Å²) in [6.45, 7) is 1.24. The molecule has 1 unspecified atom stereocenters. The molecule has 0 aliphatic carbocycles. The van der Waals surface area contributed by atoms with Crippen LogP contribution in [0.4, 0.5) is 13.2 Å². The van der Waals surface area contributed by atoms with Crippen molar-refractivity contribution < 1.29 is 32.2 Å². The lowest BCUT2D eigenvalue weighted by molar-refractivity contribution is -0.223. The average molecular weight is 321 g/mol. The largest absolute Gasteiger partial charge is 0.463 e. The molecular formula is C14H18F3NO4. The fraction of sp³-hybridized carbons (Fsp3) is 0.643. The van der Waals surface area contributed by atoms with Crippen LogP contribution < -0.4 is 0 Å². The summed E-state index contributed by atoms with van der Waals surface area (Å²) in [6.07, 6.45) is -4.95. The highest BCUT2D eigenvalue weighted by molar-refractivity contribution is 5.87. The molecule has 5 nitrogen and oxygen atoms in total. The molecule has 1 fully saturated rings. The van der Waals surface area contributed by atoms with Crippen LogP contribution in [0.25, 0.3) is 0 Å². The fourth-order valence-electron chi connectivity index (χ4n) is 2.67. The molecule has 1 aliphatic heterocycles. The van der Waals surface area contributed by atoms with Gasteiger partial charge in [-0.15, -0.1) is 0 Å². The van der Waals surface area contributed by atoms with Gasteiger partial charge in [-0.2, -0.15) is 13.2 Å². The van der Waals surface area contributed by atoms with Crippen LogP contribution in [0.1, 0.15) is 29.0 Å². The van der Waals surface area contributed by atoms with Gasteiger partial charge in [-0.1, -0.05) is 0 Å². The van der Waals surface area contributed by atoms with Crippen molar-refractivity contribution >= 4 is 5.97 Å². The molecule has 22 heavy (non-hydrogen) atoms. The molecule has 2 heterocycles. The zero-order valence-corrected chi connectivity index (χ0v) is 12.1. The quantitative estimate of drug-likeness (QED) is 0.862. The molecule has 0 bridgehead atoms. The number of nitrogens with zero attached hydrogens (tertiary/aromatic N) is 1. The molecule has 1 N–H and O–H groups in total. The van der Waals surface area contributed by atoms with E-state index in [2.05, 4.69) is 4.74 Å². The Morgan fingerprint density at radius 3 is 2.68 bits per heavy atom. The molecule has 0 radical (unpaired) electrons. The van der Waals surface area contributed by atoms with Gasteiger partial charge < -0.3 is 14.3 Å². The highest BCUT2D eigenvalue weighted by Crippen LogP contribution is 2.32. The van der Waals surface area contributed by atoms with Gasteiger partial charge in [-0.3, -0.25) is 4.90 Å². The lowest BCUT2D eigenvalue weighted by Crippen LogP contribution is -2.43. The number of hydrogen-bond donors (Lipinski definition) is 1. The van der Waals surface area contributed by atoms with Crippen LogP contribution in [0.5, 0.6) is 0 Å². The SMILES string of the molecule is COC(=O)c1occc1CN1CCC(C(O)C(F)(F)F)CC1. The fourth-order valence-corrected chi connectivity index (χ4v) is 2.67. The molecule has 1 aromatic heterocycles. The van der Waals surface area contributed by atoms with Crippen molar-refractivity contribution in [2.24, 2.45) is 5.92 Å². The Labute approximate surface area is 125 Å². The predicted molar refractivity (Wildman–Crippen MR) is 70.1 cm³/mol. The smallest absolute Gasteiger partial charge is 0.414 e. The zero-order chi connectivity index (χ0) is 16.3. The van der Waals surface area contributed by atoms with Gasteiger partial charge in [0, 0.05) is 12.1 Å². The maximum atomic E-state index is 12.5. The first-order valence-electron chi connectivity index (χ1n) is 6.94. The van der Waals surface area contributed by atoms with Gasteiger partial charge >= 0.3 is 12.1 Å². The monoisotopic (exact) mass is 321 g/mol. The number of methoxy groups -OCH3 is 1. The number of piperidine rings is 1. The number of alkyl halides is 3. The summed E-state index contributed by atoms with van der Waals surface area (Å²) in [5.74, 6) is -1.25. The predicted octanol–water partition coefficient (Wildman–Crippen LogP) is 2.20. The minimum atomic E-state index is -4.57. The summed E-state index contributed by atoms with van der Waals surface area (Å²) >= 11 is 0. The molecule has 1 saturated heterocycles. The first kappa shape index (κ1) is 16.8. The van der Waals surface area contributed by atoms with Crippen molar-refractivity contribution in [3.05, 3.63) is 23.7 Å². The van der Waals surface area contributed by atoms with Gasteiger partial charge in [0.05, 0.1) is 13.4 Å². The first-order valence-corrected chi connectivity index (χ1v) is 6.94. The van der Waals surface area contributed by atoms with Gasteiger partial charge in [0.2, 0.25) is 5.76 Å². The molecule has 1 aliphatic rings. The van der Waals surface area contributed by atoms with E-state index in [9.17, 15) is 23.1 Å². The molecule has 1 atom stereocenters. The van der Waals surface area contributed by atoms with Crippen molar-refractivity contribution in [1.82, 2.24) is 4.90 Å². The van der Waals surface area contributed by atoms with E-state index in [-0.39, 0.29) is 18.6 Å². The molecular weight excluding hydrogens is 303 g/mol. The number of ether oxygens (including phenoxy) is 1. The van der Waals surface area contributed by atoms with Crippen molar-refractivity contribution in [3.63, 3.8) is 0 Å². The van der Waals surface area contributed by atoms with E-state index in [1.54, 1.807) is 6.07 Å². The van der Waals surface area contributed by atoms with E-state index in [1.807, 2.05) is 4.90 Å². The van der Waals surface area contributed by atoms with E-state index >= 15 is 0 Å². The maximum absolute atomic E-state index is 12.5. The molecule has 0 aromatic carbocycles. The van der Waals surface area contributed by atoms with Crippen LogP contribution in [0.3, 0.4) is 0 Å². The molecule has 1 aromatic rings. The number of furan rings is 1. The van der Waals surface area contributed by atoms with Crippen molar-refractivity contribution in [2.75, 3.05) is 20.2 Å². The van der Waals surface area contributed by atoms with E-state index < -0.39 is 24.2 Å². The second kappa shape index (κ2) is 6.70. The van der Waals surface area contributed by atoms with Crippen LogP contribution in [-0.2, 0) is 11.3 Å². The molecule has 0 spiro atoms. The van der Waals surface area contributed by atoms with Crippen LogP contribution in [-0.4, -0.2) is 48.5 Å². The number of halogens is 3. The normalized spacial score (nSPS) is 19.1. The van der Waals surface area contributed by atoms with Gasteiger partial charge in [0.25, 0.3) is 0 Å². The third kappa shape index (κ3) is 3.80. The molecule has 0 saturated carbocycles. The van der Waals surface area contributed by atoms with E-state index in [0.29, 0.717) is 25.2 Å². The third-order valence-corrected chi connectivity index (χ3v) is 3.93. The topological polar surface area (TPSA) is 62.9 Å². The first-order chi connectivity index (χ1) is 10.3. The maximum Gasteiger partial charge on any atom is 0.414 e. The summed E-state index contributed by atoms with van der Waals surface area (Å²) in [5.41, 5.74) is 0.640. The Morgan fingerprint density at radius 1 is 1.50 bits per heavy atom. The lowest BCUT2D eigenvalue weighted by Gasteiger charge is -2.34. The summed E-state index contributed by atoms with van der Waals surface area (Å²) in [6, 6.07) is 1.64. The Balaban J connectivity index is 1.91. The molecule has 2 rings (SSSR count). The van der Waals surface area contributed by atoms with E-state index in [1.165, 1.54) is 13.4 Å². The summed E-state index contributed by atoms with van der Waals surface area (Å²) in [7, 11) is 1.25. The second-order valence-corrected chi connectivity index (χ2v) is 5.37. The second-order valence-electron chi connectivity index (χ2n) is 5.37. The summed E-state index contributed by atoms with van der Waals surface area (Å²) < 4.78 is 47.1. The Kier molecular flexibility index (Phi) is 5.12. The number of aliphatic hydroxyl groups is 1. The number of carbonyl (C=O) groups is 1. The Bertz CT molecular complexity index is 506. The third-order valence-electron chi connectivity index (χ3n) is 3.93. The number of aliphatic hydroxyl groups excluding tert-OH is 1. The Hall–Kier alpha value is -1.54. The zero-order valence-electron chi connectivity index (χ0n) is 12.1. The number of carbonyl (C=O) groups excluding carboxylic acids is 1. The van der Waals surface area contributed by atoms with Gasteiger partial charge in [0.1, 0.15) is 0 Å². The van der Waals surface area contributed by atoms with E-state index in [4.69, 9.17) is 4.42 Å². The minimum absolute atomic E-state index is 0.111. The van der Waals surface area contributed by atoms with Crippen LogP contribution in [0.15, 0.2) is 16.7 Å². The lowest BCUT2D eigenvalue weighted by atomic mass is 9.90. The number of rotatable bonds is 4. The standard InChI is InChI=1S/C14H18F3NO4/c1-21-13(20)11-10(4-7-22-11)8-18-5-2-9(3-6-18)12(19)14(15,16)17/h4,7,9,12,19H,2-3,5-6,8H2,1H3. The summed E-state index contributed by atoms with van der Waals surface area (Å²) in [4.78, 5) is 13.4. The van der Waals surface area contributed by atoms with Crippen molar-refractivity contribution in [3.8, 4) is 0 Å². The van der Waals surface area contributed by atoms with Gasteiger partial charge in [-0.05, 0) is 37.9 Å². The highest BCUT2D eigenvalue weighted by atomic mass is 19.4. The van der Waals surface area contributed by atoms with Crippen LogP contribution in [0.2, 0.25) is 0 Å². The van der Waals surface area contributed by atoms with Crippen LogP contribution >= 0.6 is 0 Å². The number of esters is 1. The van der Waals surface area contributed by atoms with Gasteiger partial charge in [-0.25, -0.2) is 4.79 Å². The highest BCUT2D eigenvalue weighted by Gasteiger charge is 2.44. The van der Waals surface area contributed by atoms with Gasteiger partial charge in [0.15, 0.2) is 6.10 Å². The Morgan fingerprint density at radius 2 is 2.14 bits per heavy atom. The number of likely N-dealkylation sites (tertiary alicyclic amines) is 1. The molecule has 124 valence electrons. The molecule has 0 amide bonds.